The molecule has 0 aliphatic rings. The molecule has 0 saturated carbocycles. The summed E-state index contributed by atoms with van der Waals surface area (Å²) in [5, 5.41) is 19.8. The zero-order valence-corrected chi connectivity index (χ0v) is 16.8. The smallest absolute Gasteiger partial charge is 0.222 e. The van der Waals surface area contributed by atoms with Gasteiger partial charge in [0.25, 0.3) is 0 Å². The monoisotopic (exact) mass is 417 g/mol. The molecule has 0 saturated heterocycles. The number of aromatic nitrogens is 3. The SMILES string of the molecule is Cc1ccc(-c2n[nH]c3c(O)n(-c4ccc(F)cc4)c(-c4ccccc4Cl)c23)cc1. The number of fused-ring (bicyclic) bond motifs is 1. The number of H-pyrrole nitrogens is 1. The molecule has 2 heterocycles. The van der Waals surface area contributed by atoms with Gasteiger partial charge in [-0.25, -0.2) is 4.39 Å². The first kappa shape index (κ1) is 18.5. The van der Waals surface area contributed by atoms with Crippen molar-refractivity contribution in [3.8, 4) is 34.1 Å². The van der Waals surface area contributed by atoms with Crippen molar-refractivity contribution >= 4 is 22.5 Å². The largest absolute Gasteiger partial charge is 0.493 e. The van der Waals surface area contributed by atoms with E-state index >= 15 is 0 Å². The van der Waals surface area contributed by atoms with E-state index < -0.39 is 0 Å². The number of nitrogens with zero attached hydrogens (tertiary/aromatic N) is 2. The molecule has 0 spiro atoms. The van der Waals surface area contributed by atoms with Crippen molar-refractivity contribution in [2.75, 3.05) is 0 Å². The molecule has 5 rings (SSSR count). The van der Waals surface area contributed by atoms with Gasteiger partial charge in [0, 0.05) is 21.8 Å². The number of hydrogen-bond acceptors (Lipinski definition) is 2. The Labute approximate surface area is 177 Å². The van der Waals surface area contributed by atoms with Crippen LogP contribution in [-0.4, -0.2) is 19.9 Å². The fraction of sp³-hybridized carbons (Fsp3) is 0.0417. The van der Waals surface area contributed by atoms with Crippen molar-refractivity contribution in [3.05, 3.63) is 89.2 Å². The lowest BCUT2D eigenvalue weighted by Crippen LogP contribution is -1.98. The second-order valence-electron chi connectivity index (χ2n) is 7.15. The van der Waals surface area contributed by atoms with Crippen LogP contribution < -0.4 is 0 Å². The first-order chi connectivity index (χ1) is 14.5. The van der Waals surface area contributed by atoms with E-state index in [0.717, 1.165) is 22.1 Å². The number of nitrogens with one attached hydrogen (secondary N) is 1. The van der Waals surface area contributed by atoms with Crippen molar-refractivity contribution in [3.63, 3.8) is 0 Å². The number of aromatic amines is 1. The van der Waals surface area contributed by atoms with Gasteiger partial charge in [-0.3, -0.25) is 9.67 Å². The fourth-order valence-corrected chi connectivity index (χ4v) is 3.96. The van der Waals surface area contributed by atoms with E-state index in [1.807, 2.05) is 49.4 Å². The highest BCUT2D eigenvalue weighted by Crippen LogP contribution is 2.45. The standard InChI is InChI=1S/C24H17ClFN3O/c1-14-6-8-15(9-7-14)21-20-22(28-27-21)24(30)29(17-12-10-16(26)11-13-17)23(20)18-4-2-3-5-19(18)25/h2-13,28,30H,1H3. The van der Waals surface area contributed by atoms with Gasteiger partial charge in [0.2, 0.25) is 5.88 Å². The molecule has 0 fully saturated rings. The molecular formula is C24H17ClFN3O. The molecule has 148 valence electrons. The van der Waals surface area contributed by atoms with Gasteiger partial charge in [-0.15, -0.1) is 0 Å². The van der Waals surface area contributed by atoms with Gasteiger partial charge in [-0.05, 0) is 37.3 Å². The number of benzene rings is 3. The van der Waals surface area contributed by atoms with E-state index in [0.29, 0.717) is 27.6 Å². The van der Waals surface area contributed by atoms with Gasteiger partial charge in [0.05, 0.1) is 11.1 Å². The zero-order valence-electron chi connectivity index (χ0n) is 16.0. The van der Waals surface area contributed by atoms with Crippen LogP contribution >= 0.6 is 11.6 Å². The highest BCUT2D eigenvalue weighted by molar-refractivity contribution is 6.34. The summed E-state index contributed by atoms with van der Waals surface area (Å²) in [5.74, 6) is -0.366. The summed E-state index contributed by atoms with van der Waals surface area (Å²) >= 11 is 6.55. The second-order valence-corrected chi connectivity index (χ2v) is 7.56. The molecule has 0 amide bonds. The molecule has 2 aromatic heterocycles. The summed E-state index contributed by atoms with van der Waals surface area (Å²) in [6.07, 6.45) is 0. The van der Waals surface area contributed by atoms with Gasteiger partial charge < -0.3 is 5.11 Å². The summed E-state index contributed by atoms with van der Waals surface area (Å²) in [5.41, 5.74) is 5.29. The first-order valence-corrected chi connectivity index (χ1v) is 9.82. The summed E-state index contributed by atoms with van der Waals surface area (Å²) in [6.45, 7) is 2.02. The normalized spacial score (nSPS) is 11.3. The van der Waals surface area contributed by atoms with Crippen molar-refractivity contribution < 1.29 is 9.50 Å². The topological polar surface area (TPSA) is 53.8 Å². The molecule has 30 heavy (non-hydrogen) atoms. The van der Waals surface area contributed by atoms with Gasteiger partial charge in [0.15, 0.2) is 0 Å². The molecule has 3 aromatic carbocycles. The van der Waals surface area contributed by atoms with Crippen LogP contribution in [0.4, 0.5) is 4.39 Å². The molecule has 6 heteroatoms. The minimum atomic E-state index is -0.350. The lowest BCUT2D eigenvalue weighted by Gasteiger charge is -2.13. The van der Waals surface area contributed by atoms with Crippen LogP contribution in [0.5, 0.6) is 5.88 Å². The molecule has 0 aliphatic carbocycles. The van der Waals surface area contributed by atoms with E-state index in [1.54, 1.807) is 22.8 Å². The predicted molar refractivity (Wildman–Crippen MR) is 118 cm³/mol. The average Bonchev–Trinajstić information content (AvgIpc) is 3.29. The van der Waals surface area contributed by atoms with Crippen LogP contribution in [0.25, 0.3) is 39.1 Å². The van der Waals surface area contributed by atoms with Crippen LogP contribution in [0, 0.1) is 12.7 Å². The van der Waals surface area contributed by atoms with E-state index in [1.165, 1.54) is 12.1 Å². The second kappa shape index (κ2) is 7.04. The fourth-order valence-electron chi connectivity index (χ4n) is 3.73. The van der Waals surface area contributed by atoms with Gasteiger partial charge in [-0.1, -0.05) is 59.6 Å². The molecule has 2 N–H and O–H groups in total. The maximum atomic E-state index is 13.5. The van der Waals surface area contributed by atoms with E-state index in [4.69, 9.17) is 11.6 Å². The highest BCUT2D eigenvalue weighted by atomic mass is 35.5. The molecule has 0 aliphatic heterocycles. The Bertz CT molecular complexity index is 1370. The number of rotatable bonds is 3. The summed E-state index contributed by atoms with van der Waals surface area (Å²) < 4.78 is 15.2. The van der Waals surface area contributed by atoms with Crippen LogP contribution in [-0.2, 0) is 0 Å². The van der Waals surface area contributed by atoms with Crippen LogP contribution in [0.1, 0.15) is 5.56 Å². The number of aromatic hydroxyl groups is 1. The van der Waals surface area contributed by atoms with E-state index in [-0.39, 0.29) is 11.7 Å². The summed E-state index contributed by atoms with van der Waals surface area (Å²) in [4.78, 5) is 0. The predicted octanol–water partition coefficient (Wildman–Crippen LogP) is 6.49. The van der Waals surface area contributed by atoms with Gasteiger partial charge in [-0.2, -0.15) is 5.10 Å². The maximum Gasteiger partial charge on any atom is 0.222 e. The van der Waals surface area contributed by atoms with E-state index in [9.17, 15) is 9.50 Å². The molecule has 5 aromatic rings. The van der Waals surface area contributed by atoms with Crippen LogP contribution in [0.3, 0.4) is 0 Å². The molecule has 0 unspecified atom stereocenters. The Balaban J connectivity index is 1.89. The Morgan fingerprint density at radius 2 is 1.67 bits per heavy atom. The lowest BCUT2D eigenvalue weighted by atomic mass is 10.0. The maximum absolute atomic E-state index is 13.5. The van der Waals surface area contributed by atoms with Crippen molar-refractivity contribution in [1.29, 1.82) is 0 Å². The third kappa shape index (κ3) is 2.86. The number of halogens is 2. The third-order valence-electron chi connectivity index (χ3n) is 5.20. The molecular weight excluding hydrogens is 401 g/mol. The minimum Gasteiger partial charge on any atom is -0.493 e. The average molecular weight is 418 g/mol. The van der Waals surface area contributed by atoms with Crippen molar-refractivity contribution in [2.24, 2.45) is 0 Å². The Morgan fingerprint density at radius 1 is 0.967 bits per heavy atom. The van der Waals surface area contributed by atoms with Crippen molar-refractivity contribution in [2.45, 2.75) is 6.92 Å². The lowest BCUT2D eigenvalue weighted by molar-refractivity contribution is 0.447. The third-order valence-corrected chi connectivity index (χ3v) is 5.53. The number of aryl methyl sites for hydroxylation is 1. The highest BCUT2D eigenvalue weighted by Gasteiger charge is 2.26. The summed E-state index contributed by atoms with van der Waals surface area (Å²) in [7, 11) is 0. The van der Waals surface area contributed by atoms with Crippen LogP contribution in [0.15, 0.2) is 72.8 Å². The molecule has 0 bridgehead atoms. The van der Waals surface area contributed by atoms with Gasteiger partial charge in [0.1, 0.15) is 17.0 Å². The molecule has 4 nitrogen and oxygen atoms in total. The molecule has 0 radical (unpaired) electrons. The first-order valence-electron chi connectivity index (χ1n) is 9.44. The summed E-state index contributed by atoms with van der Waals surface area (Å²) in [6, 6.07) is 21.4. The zero-order chi connectivity index (χ0) is 20.8. The molecule has 0 atom stereocenters. The van der Waals surface area contributed by atoms with Crippen LogP contribution in [0.2, 0.25) is 5.02 Å². The van der Waals surface area contributed by atoms with E-state index in [2.05, 4.69) is 10.2 Å². The van der Waals surface area contributed by atoms with Gasteiger partial charge >= 0.3 is 0 Å². The Hall–Kier alpha value is -3.57. The Kier molecular flexibility index (Phi) is 4.33. The quantitative estimate of drug-likeness (QED) is 0.352. The Morgan fingerprint density at radius 3 is 2.37 bits per heavy atom. The van der Waals surface area contributed by atoms with Crippen molar-refractivity contribution in [1.82, 2.24) is 14.8 Å². The number of hydrogen-bond donors (Lipinski definition) is 2. The minimum absolute atomic E-state index is 0.0163.